The van der Waals surface area contributed by atoms with Crippen LogP contribution in [0.1, 0.15) is 96.3 Å². The van der Waals surface area contributed by atoms with Crippen molar-refractivity contribution in [3.63, 3.8) is 0 Å². The number of unbranched alkanes of at least 4 members (excludes halogenated alkanes) is 3. The van der Waals surface area contributed by atoms with Crippen molar-refractivity contribution in [2.24, 2.45) is 10.8 Å². The molecule has 148 valence electrons. The monoisotopic (exact) mass is 360 g/mol. The quantitative estimate of drug-likeness (QED) is 0.433. The van der Waals surface area contributed by atoms with Gasteiger partial charge in [0.15, 0.2) is 0 Å². The molecule has 0 unspecified atom stereocenters. The topological polar surface area (TPSA) is 37.3 Å². The van der Waals surface area contributed by atoms with Crippen LogP contribution in [0.2, 0.25) is 0 Å². The molecule has 0 saturated carbocycles. The van der Waals surface area contributed by atoms with Crippen LogP contribution in [0.5, 0.6) is 0 Å². The van der Waals surface area contributed by atoms with Crippen molar-refractivity contribution in [1.29, 1.82) is 0 Å². The Morgan fingerprint density at radius 3 is 2.04 bits per heavy atom. The summed E-state index contributed by atoms with van der Waals surface area (Å²) in [7, 11) is 0. The molecule has 0 saturated heterocycles. The Labute approximate surface area is 161 Å². The summed E-state index contributed by atoms with van der Waals surface area (Å²) in [6.45, 7) is 12.8. The number of carboxylic acids is 1. The predicted octanol–water partition coefficient (Wildman–Crippen LogP) is 6.97. The number of carboxylic acid groups (broad SMARTS) is 1. The van der Waals surface area contributed by atoms with E-state index in [1.54, 1.807) is 0 Å². The number of carbonyl (C=O) groups is 1. The molecule has 0 spiro atoms. The van der Waals surface area contributed by atoms with Crippen molar-refractivity contribution in [2.45, 2.75) is 99.3 Å². The van der Waals surface area contributed by atoms with Crippen LogP contribution in [0.25, 0.3) is 0 Å². The summed E-state index contributed by atoms with van der Waals surface area (Å²) in [5.74, 6) is -0.687. The van der Waals surface area contributed by atoms with Crippen LogP contribution in [0.15, 0.2) is 18.2 Å². The first-order valence-corrected chi connectivity index (χ1v) is 10.3. The normalized spacial score (nSPS) is 12.4. The number of benzene rings is 1. The minimum atomic E-state index is -0.687. The SMILES string of the molecule is Cc1ccc(CCCCCC(C)(C)C(=O)O)c(CCCCC(C)(C)C)c1. The molecule has 26 heavy (non-hydrogen) atoms. The summed E-state index contributed by atoms with van der Waals surface area (Å²) in [5, 5.41) is 9.19. The van der Waals surface area contributed by atoms with Crippen molar-refractivity contribution < 1.29 is 9.90 Å². The van der Waals surface area contributed by atoms with E-state index >= 15 is 0 Å². The highest BCUT2D eigenvalue weighted by molar-refractivity contribution is 5.73. The first-order chi connectivity index (χ1) is 12.0. The molecule has 0 aliphatic rings. The van der Waals surface area contributed by atoms with Gasteiger partial charge in [-0.1, -0.05) is 63.8 Å². The summed E-state index contributed by atoms with van der Waals surface area (Å²) in [6.07, 6.45) is 10.1. The molecule has 1 rings (SSSR count). The lowest BCUT2D eigenvalue weighted by Gasteiger charge is -2.19. The maximum Gasteiger partial charge on any atom is 0.309 e. The van der Waals surface area contributed by atoms with E-state index in [9.17, 15) is 9.90 Å². The molecule has 2 nitrogen and oxygen atoms in total. The summed E-state index contributed by atoms with van der Waals surface area (Å²) < 4.78 is 0. The summed E-state index contributed by atoms with van der Waals surface area (Å²) in [4.78, 5) is 11.2. The lowest BCUT2D eigenvalue weighted by molar-refractivity contribution is -0.147. The fourth-order valence-corrected chi connectivity index (χ4v) is 3.37. The van der Waals surface area contributed by atoms with Gasteiger partial charge >= 0.3 is 5.97 Å². The molecule has 1 N–H and O–H groups in total. The molecule has 0 bridgehead atoms. The largest absolute Gasteiger partial charge is 0.481 e. The number of aliphatic carboxylic acids is 1. The van der Waals surface area contributed by atoms with Crippen LogP contribution in [-0.4, -0.2) is 11.1 Å². The van der Waals surface area contributed by atoms with Crippen LogP contribution in [-0.2, 0) is 17.6 Å². The highest BCUT2D eigenvalue weighted by atomic mass is 16.4. The number of hydrogen-bond donors (Lipinski definition) is 1. The molecular formula is C24H40O2. The van der Waals surface area contributed by atoms with Gasteiger partial charge in [0.2, 0.25) is 0 Å². The van der Waals surface area contributed by atoms with E-state index in [2.05, 4.69) is 45.9 Å². The van der Waals surface area contributed by atoms with Gasteiger partial charge < -0.3 is 5.11 Å². The fourth-order valence-electron chi connectivity index (χ4n) is 3.37. The zero-order chi connectivity index (χ0) is 19.8. The van der Waals surface area contributed by atoms with E-state index in [1.165, 1.54) is 42.4 Å². The van der Waals surface area contributed by atoms with Gasteiger partial charge in [0, 0.05) is 0 Å². The maximum absolute atomic E-state index is 11.2. The molecule has 0 amide bonds. The van der Waals surface area contributed by atoms with Crippen LogP contribution in [0, 0.1) is 17.8 Å². The number of aryl methyl sites for hydroxylation is 3. The lowest BCUT2D eigenvalue weighted by Crippen LogP contribution is -2.23. The van der Waals surface area contributed by atoms with Crippen molar-refractivity contribution >= 4 is 5.97 Å². The molecule has 0 atom stereocenters. The molecule has 0 aliphatic carbocycles. The highest BCUT2D eigenvalue weighted by Crippen LogP contribution is 2.25. The molecule has 2 heteroatoms. The van der Waals surface area contributed by atoms with E-state index in [1.807, 2.05) is 13.8 Å². The zero-order valence-electron chi connectivity index (χ0n) is 18.0. The van der Waals surface area contributed by atoms with Crippen LogP contribution >= 0.6 is 0 Å². The van der Waals surface area contributed by atoms with Gasteiger partial charge in [-0.3, -0.25) is 4.79 Å². The molecule has 0 aliphatic heterocycles. The Kier molecular flexibility index (Phi) is 8.86. The van der Waals surface area contributed by atoms with Gasteiger partial charge in [-0.15, -0.1) is 0 Å². The van der Waals surface area contributed by atoms with E-state index in [0.29, 0.717) is 5.41 Å². The van der Waals surface area contributed by atoms with E-state index in [0.717, 1.165) is 32.1 Å². The van der Waals surface area contributed by atoms with Crippen molar-refractivity contribution in [3.05, 3.63) is 34.9 Å². The second kappa shape index (κ2) is 10.1. The Morgan fingerprint density at radius 2 is 1.42 bits per heavy atom. The average Bonchev–Trinajstić information content (AvgIpc) is 2.51. The number of hydrogen-bond acceptors (Lipinski definition) is 1. The van der Waals surface area contributed by atoms with Gasteiger partial charge in [-0.05, 0) is 75.8 Å². The standard InChI is InChI=1S/C24H40O2/c1-19-14-15-20(12-8-7-10-17-24(5,6)22(25)26)21(18-19)13-9-11-16-23(2,3)4/h14-15,18H,7-13,16-17H2,1-6H3,(H,25,26). The molecule has 0 heterocycles. The summed E-state index contributed by atoms with van der Waals surface area (Å²) >= 11 is 0. The number of rotatable bonds is 11. The van der Waals surface area contributed by atoms with Crippen molar-refractivity contribution in [3.8, 4) is 0 Å². The Bertz CT molecular complexity index is 564. The van der Waals surface area contributed by atoms with Gasteiger partial charge in [-0.25, -0.2) is 0 Å². The predicted molar refractivity (Wildman–Crippen MR) is 112 cm³/mol. The minimum Gasteiger partial charge on any atom is -0.481 e. The lowest BCUT2D eigenvalue weighted by atomic mass is 9.86. The zero-order valence-corrected chi connectivity index (χ0v) is 18.0. The average molecular weight is 361 g/mol. The summed E-state index contributed by atoms with van der Waals surface area (Å²) in [6, 6.07) is 6.89. The van der Waals surface area contributed by atoms with E-state index < -0.39 is 11.4 Å². The van der Waals surface area contributed by atoms with Crippen molar-refractivity contribution in [1.82, 2.24) is 0 Å². The van der Waals surface area contributed by atoms with Gasteiger partial charge in [-0.2, -0.15) is 0 Å². The molecule has 0 aromatic heterocycles. The van der Waals surface area contributed by atoms with E-state index in [4.69, 9.17) is 0 Å². The molecule has 0 radical (unpaired) electrons. The molecular weight excluding hydrogens is 320 g/mol. The Hall–Kier alpha value is -1.31. The second-order valence-electron chi connectivity index (χ2n) is 9.79. The molecule has 1 aromatic rings. The Morgan fingerprint density at radius 1 is 0.846 bits per heavy atom. The first kappa shape index (κ1) is 22.7. The third-order valence-electron chi connectivity index (χ3n) is 5.31. The fraction of sp³-hybridized carbons (Fsp3) is 0.708. The molecule has 1 aromatic carbocycles. The van der Waals surface area contributed by atoms with Crippen LogP contribution < -0.4 is 0 Å². The van der Waals surface area contributed by atoms with Crippen molar-refractivity contribution in [2.75, 3.05) is 0 Å². The second-order valence-corrected chi connectivity index (χ2v) is 9.79. The smallest absolute Gasteiger partial charge is 0.309 e. The third kappa shape index (κ3) is 8.87. The third-order valence-corrected chi connectivity index (χ3v) is 5.31. The van der Waals surface area contributed by atoms with Crippen LogP contribution in [0.4, 0.5) is 0 Å². The molecule has 0 fully saturated rings. The van der Waals surface area contributed by atoms with Gasteiger partial charge in [0.1, 0.15) is 0 Å². The van der Waals surface area contributed by atoms with Crippen LogP contribution in [0.3, 0.4) is 0 Å². The first-order valence-electron chi connectivity index (χ1n) is 10.3. The van der Waals surface area contributed by atoms with Gasteiger partial charge in [0.05, 0.1) is 5.41 Å². The summed E-state index contributed by atoms with van der Waals surface area (Å²) in [5.41, 5.74) is 4.19. The van der Waals surface area contributed by atoms with E-state index in [-0.39, 0.29) is 0 Å². The highest BCUT2D eigenvalue weighted by Gasteiger charge is 2.25. The minimum absolute atomic E-state index is 0.430. The Balaban J connectivity index is 2.45. The van der Waals surface area contributed by atoms with Gasteiger partial charge in [0.25, 0.3) is 0 Å². The maximum atomic E-state index is 11.2.